The Bertz CT molecular complexity index is 3500. The maximum atomic E-state index is 14.3. The number of ether oxygens (including phenoxy) is 3. The van der Waals surface area contributed by atoms with E-state index in [-0.39, 0.29) is 104 Å². The Labute approximate surface area is 674 Å². The quantitative estimate of drug-likeness (QED) is 0.0247. The van der Waals surface area contributed by atoms with Gasteiger partial charge in [-0.2, -0.15) is 0 Å². The summed E-state index contributed by atoms with van der Waals surface area (Å²) in [5.74, 6) is -4.76. The number of ketones is 1. The number of nitrogens with one attached hydrogen (secondary N) is 11. The Morgan fingerprint density at radius 1 is 0.699 bits per heavy atom. The van der Waals surface area contributed by atoms with Crippen molar-refractivity contribution in [3.05, 3.63) is 82.3 Å². The number of likely N-dealkylation sites (N-methyl/N-ethyl adjacent to an activating group) is 2. The van der Waals surface area contributed by atoms with Gasteiger partial charge in [-0.25, -0.2) is 14.6 Å². The van der Waals surface area contributed by atoms with Crippen LogP contribution in [0.15, 0.2) is 66.2 Å². The van der Waals surface area contributed by atoms with Crippen LogP contribution < -0.4 is 64.2 Å². The van der Waals surface area contributed by atoms with Crippen molar-refractivity contribution in [2.24, 2.45) is 34.8 Å². The number of carbonyl (C=O) groups excluding carboxylic acids is 12. The first-order chi connectivity index (χ1) is 53.0. The number of anilines is 1. The second-order valence-electron chi connectivity index (χ2n) is 32.6. The van der Waals surface area contributed by atoms with Gasteiger partial charge >= 0.3 is 12.1 Å². The van der Waals surface area contributed by atoms with Crippen LogP contribution in [0.3, 0.4) is 0 Å². The van der Waals surface area contributed by atoms with Gasteiger partial charge < -0.3 is 88.2 Å². The zero-order valence-corrected chi connectivity index (χ0v) is 71.7. The van der Waals surface area contributed by atoms with Crippen molar-refractivity contribution < 1.29 is 71.7 Å². The average molecular weight is 1600 g/mol. The van der Waals surface area contributed by atoms with E-state index in [0.29, 0.717) is 63.7 Å². The Kier molecular flexibility index (Phi) is 42.3. The Morgan fingerprint density at radius 3 is 1.88 bits per heavy atom. The monoisotopic (exact) mass is 1600 g/mol. The van der Waals surface area contributed by atoms with E-state index in [9.17, 15) is 57.5 Å². The number of aryl methyl sites for hydroxylation is 1. The van der Waals surface area contributed by atoms with Gasteiger partial charge in [0.25, 0.3) is 0 Å². The molecule has 1 aromatic heterocycles. The van der Waals surface area contributed by atoms with Crippen LogP contribution in [0.2, 0.25) is 0 Å². The lowest BCUT2D eigenvalue weighted by atomic mass is 9.84. The molecule has 0 spiro atoms. The topological polar surface area (TPSA) is 410 Å². The van der Waals surface area contributed by atoms with Gasteiger partial charge in [-0.05, 0) is 149 Å². The Morgan fingerprint density at radius 2 is 1.33 bits per heavy atom. The molecule has 1 aliphatic heterocycles. The highest BCUT2D eigenvalue weighted by molar-refractivity contribution is 7.09. The smallest absolute Gasteiger partial charge is 0.407 e. The van der Waals surface area contributed by atoms with Gasteiger partial charge in [0.05, 0.1) is 61.9 Å². The number of amides is 12. The first-order valence-electron chi connectivity index (χ1n) is 39.7. The minimum absolute atomic E-state index is 0.00493. The number of nitrogens with two attached hydrogens (primary N) is 1. The maximum Gasteiger partial charge on any atom is 0.407 e. The SMILES string of the molecule is CCOC(=O)NC(C)(C)C(=O)N[C@H](C(=O)N(C)[C@@H]([C@@H](C)CC)[C@@H](CC(=O)N1CCC[C@H]1[C@H](OC)[C@@H](C)C(=O)N[C@@H](Cc1ccccc1)c1nccs1)OC)C(C)C.CNCC(=O)N[C@@H](CCCCNC(=O)CC[C@@H](NC(C)(C)C)C(=O)C(C)(C)C)C(=O)N[C@H](C(=O)N[C@@H](CCCNC(N)=O)C(=O)Nc1ccc(C)cc1)C(C)C. The number of aromatic nitrogens is 1. The highest BCUT2D eigenvalue weighted by Gasteiger charge is 2.45. The summed E-state index contributed by atoms with van der Waals surface area (Å²) in [7, 11) is 6.40. The molecule has 12 atom stereocenters. The summed E-state index contributed by atoms with van der Waals surface area (Å²) in [5, 5.41) is 33.9. The van der Waals surface area contributed by atoms with Crippen molar-refractivity contribution in [1.29, 1.82) is 0 Å². The summed E-state index contributed by atoms with van der Waals surface area (Å²) in [6.45, 7) is 32.3. The number of Topliss-reactive ketones (excluding diaryl/α,β-unsaturated/α-hetero) is 1. The van der Waals surface area contributed by atoms with E-state index in [0.717, 1.165) is 22.6 Å². The maximum absolute atomic E-state index is 14.3. The minimum atomic E-state index is -1.36. The van der Waals surface area contributed by atoms with Crippen LogP contribution in [0, 0.1) is 36.0 Å². The summed E-state index contributed by atoms with van der Waals surface area (Å²) >= 11 is 1.49. The molecular weight excluding hydrogens is 1470 g/mol. The lowest BCUT2D eigenvalue weighted by Crippen LogP contribution is -2.62. The first kappa shape index (κ1) is 98.5. The van der Waals surface area contributed by atoms with Crippen LogP contribution >= 0.6 is 11.3 Å². The van der Waals surface area contributed by atoms with E-state index in [1.807, 2.05) is 131 Å². The molecule has 2 aromatic carbocycles. The third-order valence-electron chi connectivity index (χ3n) is 19.8. The lowest BCUT2D eigenvalue weighted by molar-refractivity contribution is -0.148. The van der Waals surface area contributed by atoms with Crippen molar-refractivity contribution in [3.63, 3.8) is 0 Å². The zero-order valence-electron chi connectivity index (χ0n) is 70.9. The molecular formula is C82H135N15O15S. The largest absolute Gasteiger partial charge is 0.450 e. The average Bonchev–Trinajstić information content (AvgIpc) is 1.74. The predicted octanol–water partition coefficient (Wildman–Crippen LogP) is 7.28. The fourth-order valence-corrected chi connectivity index (χ4v) is 14.0. The number of nitrogens with zero attached hydrogens (tertiary/aromatic N) is 3. The van der Waals surface area contributed by atoms with E-state index < -0.39 is 113 Å². The molecule has 0 bridgehead atoms. The van der Waals surface area contributed by atoms with Gasteiger partial charge in [-0.3, -0.25) is 47.9 Å². The molecule has 2 heterocycles. The van der Waals surface area contributed by atoms with Gasteiger partial charge in [0, 0.05) is 75.5 Å². The van der Waals surface area contributed by atoms with Crippen LogP contribution in [0.4, 0.5) is 15.3 Å². The highest BCUT2D eigenvalue weighted by atomic mass is 32.1. The van der Waals surface area contributed by atoms with E-state index in [2.05, 4.69) is 63.5 Å². The molecule has 1 saturated heterocycles. The number of rotatable bonds is 45. The number of primary amides is 1. The number of likely N-dealkylation sites (tertiary alicyclic amines) is 1. The third kappa shape index (κ3) is 34.1. The summed E-state index contributed by atoms with van der Waals surface area (Å²) < 4.78 is 17.0. The summed E-state index contributed by atoms with van der Waals surface area (Å²) in [4.78, 5) is 166. The number of unbranched alkanes of at least 4 members (excludes halogenated alkanes) is 1. The first-order valence-corrected chi connectivity index (χ1v) is 40.6. The second-order valence-corrected chi connectivity index (χ2v) is 33.5. The van der Waals surface area contributed by atoms with Crippen molar-refractivity contribution in [2.45, 2.75) is 266 Å². The van der Waals surface area contributed by atoms with Crippen molar-refractivity contribution in [2.75, 3.05) is 66.4 Å². The number of methoxy groups -OCH3 is 2. The molecule has 3 aromatic rings. The summed E-state index contributed by atoms with van der Waals surface area (Å²) in [6, 6.07) is 10.8. The molecule has 0 aliphatic carbocycles. The van der Waals surface area contributed by atoms with Gasteiger partial charge in [0.1, 0.15) is 34.7 Å². The molecule has 0 unspecified atom stereocenters. The predicted molar refractivity (Wildman–Crippen MR) is 439 cm³/mol. The molecule has 0 saturated carbocycles. The second kappa shape index (κ2) is 48.5. The van der Waals surface area contributed by atoms with Crippen molar-refractivity contribution >= 4 is 88.1 Å². The van der Waals surface area contributed by atoms with E-state index in [4.69, 9.17) is 19.9 Å². The summed E-state index contributed by atoms with van der Waals surface area (Å²) in [5.41, 5.74) is 5.57. The molecule has 113 heavy (non-hydrogen) atoms. The van der Waals surface area contributed by atoms with E-state index in [1.54, 1.807) is 70.1 Å². The Hall–Kier alpha value is -8.65. The number of hydrogen-bond donors (Lipinski definition) is 12. The molecule has 0 radical (unpaired) electrons. The number of urea groups is 1. The molecule has 13 N–H and O–H groups in total. The van der Waals surface area contributed by atoms with Crippen LogP contribution in [0.5, 0.6) is 0 Å². The number of thiazole rings is 1. The van der Waals surface area contributed by atoms with Gasteiger partial charge in [-0.15, -0.1) is 11.3 Å². The van der Waals surface area contributed by atoms with Gasteiger partial charge in [0.2, 0.25) is 53.2 Å². The van der Waals surface area contributed by atoms with Crippen molar-refractivity contribution in [1.82, 2.24) is 68.0 Å². The lowest BCUT2D eigenvalue weighted by Gasteiger charge is -2.41. The van der Waals surface area contributed by atoms with Crippen molar-refractivity contribution in [3.8, 4) is 0 Å². The molecule has 12 amide bonds. The molecule has 634 valence electrons. The number of hydrogen-bond acceptors (Lipinski definition) is 19. The third-order valence-corrected chi connectivity index (χ3v) is 20.7. The summed E-state index contributed by atoms with van der Waals surface area (Å²) in [6.07, 6.45) is 4.69. The number of benzene rings is 2. The van der Waals surface area contributed by atoms with Gasteiger partial charge in [0.15, 0.2) is 5.78 Å². The molecule has 31 heteroatoms. The van der Waals surface area contributed by atoms with Crippen LogP contribution in [0.1, 0.15) is 204 Å². The molecule has 30 nitrogen and oxygen atoms in total. The van der Waals surface area contributed by atoms with Crippen LogP contribution in [-0.4, -0.2) is 213 Å². The number of alkyl carbamates (subject to hydrolysis) is 1. The highest BCUT2D eigenvalue weighted by Crippen LogP contribution is 2.32. The normalized spacial score (nSPS) is 16.0. The molecule has 1 fully saturated rings. The fraction of sp³-hybridized carbons (Fsp3) is 0.671. The van der Waals surface area contributed by atoms with E-state index >= 15 is 0 Å². The fourth-order valence-electron chi connectivity index (χ4n) is 13.4. The molecule has 4 rings (SSSR count). The Balaban J connectivity index is 0.000000585. The van der Waals surface area contributed by atoms with E-state index in [1.165, 1.54) is 32.3 Å². The number of carbonyl (C=O) groups is 12. The van der Waals surface area contributed by atoms with Crippen LogP contribution in [0.25, 0.3) is 0 Å². The minimum Gasteiger partial charge on any atom is -0.450 e. The molecule has 1 aliphatic rings. The zero-order chi connectivity index (χ0) is 85.1. The van der Waals surface area contributed by atoms with Gasteiger partial charge in [-0.1, -0.05) is 124 Å². The standard InChI is InChI=1S/C42H66N6O8S.C40H69N9O7/c1-12-27(5)35(47(9)39(51)34(26(3)4)45-40(52)42(7,8)46-41(53)56-13-2)32(54-10)25-33(49)48-22-17-20-31(48)36(55-11)28(6)37(50)44-30(38-43-21-23-57-38)24-29-18-15-14-16-19-29;1-25(2)33(37(55)47-30(15-13-23-44-38(41)56)35(53)45-27-18-16-26(3)17-19-27)48-36(54)29(46-32(51)24-42-10)14-11-12-22-43-31(50)21-20-28(49-40(7,8)9)34(52)39(4,5)6/h14-16,18-19,21,23,26-28,30-32,34-36H,12-13,17,20,22,24-25H2,1-11H3,(H,44,50)(H,45,52)(H,46,53);16-19,25,28-30,33,42,49H,11-15,20-24H2,1-10H3,(H,43,50)(H,45,53)(H,46,51)(H,47,55)(H,48,54)(H3,41,44,56)/t27-,28+,30-,31-,32+,34-,35-,36+;28-,29+,30+,33+/m01/s1. The van der Waals surface area contributed by atoms with Crippen LogP contribution in [-0.2, 0) is 68.6 Å².